The molecule has 10 heteroatoms. The van der Waals surface area contributed by atoms with Crippen LogP contribution in [0.2, 0.25) is 0 Å². The fraction of sp³-hybridized carbons (Fsp3) is 0.292. The molecule has 0 aliphatic heterocycles. The molecule has 0 saturated heterocycles. The molecule has 1 saturated carbocycles. The highest BCUT2D eigenvalue weighted by molar-refractivity contribution is 5.92. The molecular weight excluding hydrogens is 437 g/mol. The Labute approximate surface area is 195 Å². The summed E-state index contributed by atoms with van der Waals surface area (Å²) < 4.78 is 20.8. The fourth-order valence-electron chi connectivity index (χ4n) is 4.44. The number of benzene rings is 1. The van der Waals surface area contributed by atoms with Crippen LogP contribution in [0.1, 0.15) is 31.7 Å². The number of nitrogens with two attached hydrogens (primary N) is 1. The minimum absolute atomic E-state index is 0.00996. The number of nitrogens with one attached hydrogen (secondary N) is 1. The van der Waals surface area contributed by atoms with E-state index in [-0.39, 0.29) is 23.7 Å². The van der Waals surface area contributed by atoms with Gasteiger partial charge in [-0.15, -0.1) is 0 Å². The number of hydrogen-bond acceptors (Lipinski definition) is 7. The van der Waals surface area contributed by atoms with Crippen molar-refractivity contribution in [3.05, 3.63) is 54.9 Å². The molecule has 3 aromatic heterocycles. The highest BCUT2D eigenvalue weighted by atomic mass is 19.1. The van der Waals surface area contributed by atoms with Crippen molar-refractivity contribution >= 4 is 28.6 Å². The molecule has 1 aliphatic carbocycles. The molecule has 1 aliphatic rings. The van der Waals surface area contributed by atoms with Gasteiger partial charge in [0.25, 0.3) is 0 Å². The summed E-state index contributed by atoms with van der Waals surface area (Å²) in [5.41, 5.74) is 8.46. The SMILES string of the molecule is COc1cccc(NC(=O)[C@H]2CC[C@@H](n3cnc4c(N)nc(-c5ccnc(F)c5)nc43)CC2)c1. The molecule has 1 aromatic carbocycles. The summed E-state index contributed by atoms with van der Waals surface area (Å²) in [6, 6.07) is 10.4. The lowest BCUT2D eigenvalue weighted by atomic mass is 9.85. The number of anilines is 2. The van der Waals surface area contributed by atoms with Crippen molar-refractivity contribution in [2.45, 2.75) is 31.7 Å². The van der Waals surface area contributed by atoms with Gasteiger partial charge in [-0.1, -0.05) is 6.07 Å². The molecule has 0 bridgehead atoms. The number of imidazole rings is 1. The van der Waals surface area contributed by atoms with Crippen LogP contribution < -0.4 is 15.8 Å². The molecule has 0 unspecified atom stereocenters. The van der Waals surface area contributed by atoms with Gasteiger partial charge in [0.05, 0.1) is 13.4 Å². The zero-order chi connectivity index (χ0) is 23.7. The average Bonchev–Trinajstić information content (AvgIpc) is 3.29. The van der Waals surface area contributed by atoms with Crippen LogP contribution in [0.4, 0.5) is 15.9 Å². The Balaban J connectivity index is 1.32. The molecule has 5 rings (SSSR count). The number of rotatable bonds is 5. The van der Waals surface area contributed by atoms with E-state index < -0.39 is 5.95 Å². The zero-order valence-electron chi connectivity index (χ0n) is 18.6. The molecule has 0 spiro atoms. The third-order valence-electron chi connectivity index (χ3n) is 6.23. The van der Waals surface area contributed by atoms with Crippen LogP contribution in [0.25, 0.3) is 22.6 Å². The number of halogens is 1. The van der Waals surface area contributed by atoms with Crippen LogP contribution in [0, 0.1) is 11.9 Å². The number of hydrogen-bond donors (Lipinski definition) is 2. The predicted octanol–water partition coefficient (Wildman–Crippen LogP) is 3.99. The van der Waals surface area contributed by atoms with Gasteiger partial charge in [0.2, 0.25) is 11.9 Å². The number of carbonyl (C=O) groups is 1. The average molecular weight is 462 g/mol. The second-order valence-corrected chi connectivity index (χ2v) is 8.35. The molecule has 0 atom stereocenters. The number of fused-ring (bicyclic) bond motifs is 1. The molecule has 3 heterocycles. The van der Waals surface area contributed by atoms with Gasteiger partial charge >= 0.3 is 0 Å². The summed E-state index contributed by atoms with van der Waals surface area (Å²) in [4.78, 5) is 29.7. The second kappa shape index (κ2) is 9.05. The van der Waals surface area contributed by atoms with Crippen LogP contribution in [0.15, 0.2) is 48.9 Å². The van der Waals surface area contributed by atoms with E-state index in [1.165, 1.54) is 12.3 Å². The number of ether oxygens (including phenoxy) is 1. The molecule has 3 N–H and O–H groups in total. The second-order valence-electron chi connectivity index (χ2n) is 8.35. The largest absolute Gasteiger partial charge is 0.497 e. The van der Waals surface area contributed by atoms with E-state index in [2.05, 4.69) is 25.3 Å². The third-order valence-corrected chi connectivity index (χ3v) is 6.23. The van der Waals surface area contributed by atoms with Crippen molar-refractivity contribution in [2.75, 3.05) is 18.2 Å². The lowest BCUT2D eigenvalue weighted by Gasteiger charge is -2.28. The number of nitrogen functional groups attached to an aromatic ring is 1. The summed E-state index contributed by atoms with van der Waals surface area (Å²) in [5, 5.41) is 2.99. The molecule has 9 nitrogen and oxygen atoms in total. The van der Waals surface area contributed by atoms with Crippen molar-refractivity contribution in [3.63, 3.8) is 0 Å². The minimum Gasteiger partial charge on any atom is -0.497 e. The smallest absolute Gasteiger partial charge is 0.227 e. The first kappa shape index (κ1) is 21.7. The molecule has 0 radical (unpaired) electrons. The van der Waals surface area contributed by atoms with E-state index in [9.17, 15) is 9.18 Å². The minimum atomic E-state index is -0.612. The highest BCUT2D eigenvalue weighted by Crippen LogP contribution is 2.35. The van der Waals surface area contributed by atoms with E-state index >= 15 is 0 Å². The summed E-state index contributed by atoms with van der Waals surface area (Å²) in [6.45, 7) is 0. The Bertz CT molecular complexity index is 1350. The number of aromatic nitrogens is 5. The monoisotopic (exact) mass is 461 g/mol. The van der Waals surface area contributed by atoms with Crippen LogP contribution in [-0.4, -0.2) is 37.5 Å². The van der Waals surface area contributed by atoms with Crippen molar-refractivity contribution in [1.82, 2.24) is 24.5 Å². The van der Waals surface area contributed by atoms with Gasteiger partial charge in [0.1, 0.15) is 11.3 Å². The van der Waals surface area contributed by atoms with Crippen LogP contribution in [0.5, 0.6) is 5.75 Å². The van der Waals surface area contributed by atoms with E-state index in [1.54, 1.807) is 25.6 Å². The molecule has 1 fully saturated rings. The highest BCUT2D eigenvalue weighted by Gasteiger charge is 2.28. The lowest BCUT2D eigenvalue weighted by molar-refractivity contribution is -0.120. The Morgan fingerprint density at radius 3 is 2.74 bits per heavy atom. The summed E-state index contributed by atoms with van der Waals surface area (Å²) in [5.74, 6) is 0.576. The molecule has 174 valence electrons. The number of methoxy groups -OCH3 is 1. The summed E-state index contributed by atoms with van der Waals surface area (Å²) in [6.07, 6.45) is 6.15. The quantitative estimate of drug-likeness (QED) is 0.431. The molecular formula is C24H24FN7O2. The van der Waals surface area contributed by atoms with Crippen molar-refractivity contribution < 1.29 is 13.9 Å². The summed E-state index contributed by atoms with van der Waals surface area (Å²) in [7, 11) is 1.60. The van der Waals surface area contributed by atoms with Gasteiger partial charge in [0, 0.05) is 41.5 Å². The van der Waals surface area contributed by atoms with Crippen LogP contribution in [0.3, 0.4) is 0 Å². The summed E-state index contributed by atoms with van der Waals surface area (Å²) >= 11 is 0. The predicted molar refractivity (Wildman–Crippen MR) is 126 cm³/mol. The standard InChI is InChI=1S/C24H24FN7O2/c1-34-18-4-2-3-16(12-18)29-24(33)14-5-7-17(8-6-14)32-13-28-20-21(26)30-22(31-23(20)32)15-9-10-27-19(25)11-15/h2-4,9-14,17H,5-8H2,1H3,(H,29,33)(H2,26,30,31)/t14-,17+. The van der Waals surface area contributed by atoms with Gasteiger partial charge in [-0.3, -0.25) is 4.79 Å². The Hall–Kier alpha value is -4.08. The lowest BCUT2D eigenvalue weighted by Crippen LogP contribution is -2.28. The first-order chi connectivity index (χ1) is 16.5. The normalized spacial score (nSPS) is 18.1. The van der Waals surface area contributed by atoms with Gasteiger partial charge in [-0.05, 0) is 43.9 Å². The van der Waals surface area contributed by atoms with Gasteiger partial charge < -0.3 is 20.4 Å². The van der Waals surface area contributed by atoms with Crippen LogP contribution in [-0.2, 0) is 4.79 Å². The first-order valence-electron chi connectivity index (χ1n) is 11.1. The topological polar surface area (TPSA) is 121 Å². The number of amides is 1. The Morgan fingerprint density at radius 1 is 1.15 bits per heavy atom. The van der Waals surface area contributed by atoms with E-state index in [0.717, 1.165) is 31.4 Å². The van der Waals surface area contributed by atoms with Gasteiger partial charge in [-0.25, -0.2) is 19.9 Å². The number of nitrogens with zero attached hydrogens (tertiary/aromatic N) is 5. The third kappa shape index (κ3) is 4.26. The van der Waals surface area contributed by atoms with Crippen molar-refractivity contribution in [2.24, 2.45) is 5.92 Å². The maximum Gasteiger partial charge on any atom is 0.227 e. The zero-order valence-corrected chi connectivity index (χ0v) is 18.6. The maximum absolute atomic E-state index is 13.6. The fourth-order valence-corrected chi connectivity index (χ4v) is 4.44. The molecule has 1 amide bonds. The number of pyridine rings is 1. The number of carbonyl (C=O) groups excluding carboxylic acids is 1. The van der Waals surface area contributed by atoms with Gasteiger partial charge in [-0.2, -0.15) is 4.39 Å². The molecule has 4 aromatic rings. The molecule has 34 heavy (non-hydrogen) atoms. The van der Waals surface area contributed by atoms with Crippen LogP contribution >= 0.6 is 0 Å². The van der Waals surface area contributed by atoms with Crippen molar-refractivity contribution in [1.29, 1.82) is 0 Å². The van der Waals surface area contributed by atoms with E-state index in [0.29, 0.717) is 28.3 Å². The Kier molecular flexibility index (Phi) is 5.79. The maximum atomic E-state index is 13.6. The van der Waals surface area contributed by atoms with E-state index in [4.69, 9.17) is 10.5 Å². The van der Waals surface area contributed by atoms with E-state index in [1.807, 2.05) is 22.8 Å². The van der Waals surface area contributed by atoms with Gasteiger partial charge in [0.15, 0.2) is 17.3 Å². The van der Waals surface area contributed by atoms with Crippen molar-refractivity contribution in [3.8, 4) is 17.1 Å². The first-order valence-corrected chi connectivity index (χ1v) is 11.1. The Morgan fingerprint density at radius 2 is 1.97 bits per heavy atom.